The maximum atomic E-state index is 12.3. The van der Waals surface area contributed by atoms with Gasteiger partial charge in [0.1, 0.15) is 17.9 Å². The van der Waals surface area contributed by atoms with Gasteiger partial charge in [-0.3, -0.25) is 9.59 Å². The molecule has 0 amide bonds. The number of nitrogens with zero attached hydrogens (tertiary/aromatic N) is 2. The molecule has 8 heteroatoms. The summed E-state index contributed by atoms with van der Waals surface area (Å²) in [6, 6.07) is 29.1. The molecule has 0 atom stereocenters. The molecule has 0 heterocycles. The predicted molar refractivity (Wildman–Crippen MR) is 161 cm³/mol. The van der Waals surface area contributed by atoms with E-state index in [0.717, 1.165) is 52.9 Å². The fraction of sp³-hybridized carbons (Fsp3) is 0.176. The number of hydrogen-bond acceptors (Lipinski definition) is 8. The summed E-state index contributed by atoms with van der Waals surface area (Å²) < 4.78 is 10.7. The third kappa shape index (κ3) is 8.87. The molecule has 0 bridgehead atoms. The van der Waals surface area contributed by atoms with E-state index in [-0.39, 0.29) is 0 Å². The van der Waals surface area contributed by atoms with Crippen LogP contribution >= 0.6 is 0 Å². The number of hydrogen-bond donors (Lipinski definition) is 2. The zero-order valence-corrected chi connectivity index (χ0v) is 23.6. The lowest BCUT2D eigenvalue weighted by Crippen LogP contribution is -2.18. The van der Waals surface area contributed by atoms with Crippen LogP contribution in [0.15, 0.2) is 84.9 Å². The maximum absolute atomic E-state index is 12.3. The van der Waals surface area contributed by atoms with E-state index in [2.05, 4.69) is 12.1 Å². The number of ether oxygens (including phenoxy) is 2. The van der Waals surface area contributed by atoms with Gasteiger partial charge < -0.3 is 20.9 Å². The van der Waals surface area contributed by atoms with Crippen molar-refractivity contribution in [1.29, 1.82) is 10.5 Å². The first-order chi connectivity index (χ1) is 20.3. The van der Waals surface area contributed by atoms with Gasteiger partial charge in [-0.05, 0) is 115 Å². The van der Waals surface area contributed by atoms with Crippen molar-refractivity contribution in [3.63, 3.8) is 0 Å². The highest BCUT2D eigenvalue weighted by atomic mass is 16.6. The van der Waals surface area contributed by atoms with E-state index in [1.807, 2.05) is 50.2 Å². The second-order valence-electron chi connectivity index (χ2n) is 9.39. The molecule has 0 saturated heterocycles. The number of carbonyl (C=O) groups is 2. The Morgan fingerprint density at radius 1 is 0.643 bits per heavy atom. The predicted octanol–water partition coefficient (Wildman–Crippen LogP) is 5.58. The SMILES string of the molecule is Cc1cc(OC(=O)CC(=O)Oc2ccc(-c3ccc(C#N)cc3)c(C)c2)ccc1-c1ccc(C#N)cc1.NCCCN. The van der Waals surface area contributed by atoms with E-state index < -0.39 is 18.4 Å². The Hall–Kier alpha value is -5.28. The molecule has 4 aromatic rings. The molecule has 0 aliphatic carbocycles. The Kier molecular flexibility index (Phi) is 11.5. The van der Waals surface area contributed by atoms with Gasteiger partial charge in [0.25, 0.3) is 0 Å². The van der Waals surface area contributed by atoms with Crippen LogP contribution in [-0.4, -0.2) is 25.0 Å². The monoisotopic (exact) mass is 560 g/mol. The van der Waals surface area contributed by atoms with Crippen LogP contribution in [0.2, 0.25) is 0 Å². The Balaban J connectivity index is 0.000000892. The first kappa shape index (κ1) is 31.3. The van der Waals surface area contributed by atoms with Crippen molar-refractivity contribution in [3.8, 4) is 45.9 Å². The standard InChI is InChI=1S/C31H22N2O4.C3H10N2/c1-20-15-26(11-13-28(20)24-7-3-22(18-32)4-8-24)36-30(34)17-31(35)37-27-12-14-29(21(2)16-27)25-9-5-23(19-33)6-10-25;4-2-1-3-5/h3-16H,17H2,1-2H3;1-5H2. The number of benzene rings is 4. The van der Waals surface area contributed by atoms with Gasteiger partial charge in [-0.15, -0.1) is 0 Å². The molecule has 0 aliphatic rings. The van der Waals surface area contributed by atoms with E-state index in [0.29, 0.717) is 22.6 Å². The molecule has 4 aromatic carbocycles. The van der Waals surface area contributed by atoms with Gasteiger partial charge in [0.15, 0.2) is 0 Å². The van der Waals surface area contributed by atoms with Crippen molar-refractivity contribution in [2.45, 2.75) is 26.7 Å². The molecular weight excluding hydrogens is 528 g/mol. The number of carbonyl (C=O) groups excluding carboxylic acids is 2. The van der Waals surface area contributed by atoms with Crippen molar-refractivity contribution in [2.24, 2.45) is 11.5 Å². The molecule has 0 spiro atoms. The number of rotatable bonds is 8. The number of nitriles is 2. The van der Waals surface area contributed by atoms with Crippen LogP contribution in [0, 0.1) is 36.5 Å². The van der Waals surface area contributed by atoms with Crippen molar-refractivity contribution < 1.29 is 19.1 Å². The van der Waals surface area contributed by atoms with E-state index in [4.69, 9.17) is 31.5 Å². The Morgan fingerprint density at radius 2 is 1.02 bits per heavy atom. The molecule has 4 rings (SSSR count). The molecule has 212 valence electrons. The van der Waals surface area contributed by atoms with Gasteiger partial charge in [0.2, 0.25) is 0 Å². The molecule has 0 saturated carbocycles. The van der Waals surface area contributed by atoms with Crippen molar-refractivity contribution in [1.82, 2.24) is 0 Å². The molecule has 0 fully saturated rings. The minimum Gasteiger partial charge on any atom is -0.426 e. The van der Waals surface area contributed by atoms with E-state index >= 15 is 0 Å². The maximum Gasteiger partial charge on any atom is 0.322 e. The van der Waals surface area contributed by atoms with Crippen molar-refractivity contribution >= 4 is 11.9 Å². The normalized spacial score (nSPS) is 9.95. The highest BCUT2D eigenvalue weighted by Crippen LogP contribution is 2.29. The average molecular weight is 561 g/mol. The van der Waals surface area contributed by atoms with Crippen LogP contribution in [0.3, 0.4) is 0 Å². The smallest absolute Gasteiger partial charge is 0.322 e. The van der Waals surface area contributed by atoms with Crippen LogP contribution in [0.5, 0.6) is 11.5 Å². The lowest BCUT2D eigenvalue weighted by molar-refractivity contribution is -0.144. The minimum atomic E-state index is -0.721. The van der Waals surface area contributed by atoms with E-state index in [1.165, 1.54) is 0 Å². The molecular formula is C34H32N4O4. The van der Waals surface area contributed by atoms with Crippen LogP contribution in [0.4, 0.5) is 0 Å². The molecule has 0 radical (unpaired) electrons. The van der Waals surface area contributed by atoms with Crippen LogP contribution in [0.1, 0.15) is 35.1 Å². The largest absolute Gasteiger partial charge is 0.426 e. The second-order valence-corrected chi connectivity index (χ2v) is 9.39. The van der Waals surface area contributed by atoms with Crippen LogP contribution in [0.25, 0.3) is 22.3 Å². The van der Waals surface area contributed by atoms with Crippen molar-refractivity contribution in [3.05, 3.63) is 107 Å². The third-order valence-corrected chi connectivity index (χ3v) is 6.21. The number of nitrogens with two attached hydrogens (primary N) is 2. The minimum absolute atomic E-state index is 0.329. The molecule has 0 aliphatic heterocycles. The summed E-state index contributed by atoms with van der Waals surface area (Å²) in [5.41, 5.74) is 16.8. The van der Waals surface area contributed by atoms with Gasteiger partial charge in [0, 0.05) is 0 Å². The first-order valence-electron chi connectivity index (χ1n) is 13.3. The van der Waals surface area contributed by atoms with Gasteiger partial charge in [-0.25, -0.2) is 0 Å². The van der Waals surface area contributed by atoms with Gasteiger partial charge in [0.05, 0.1) is 23.3 Å². The Labute approximate surface area is 245 Å². The summed E-state index contributed by atoms with van der Waals surface area (Å²) in [5.74, 6) is -0.784. The third-order valence-electron chi connectivity index (χ3n) is 6.21. The molecule has 0 unspecified atom stereocenters. The summed E-state index contributed by atoms with van der Waals surface area (Å²) in [7, 11) is 0. The highest BCUT2D eigenvalue weighted by molar-refractivity contribution is 5.93. The zero-order chi connectivity index (χ0) is 30.5. The number of esters is 2. The lowest BCUT2D eigenvalue weighted by Gasteiger charge is -2.11. The molecule has 0 aromatic heterocycles. The van der Waals surface area contributed by atoms with Crippen LogP contribution < -0.4 is 20.9 Å². The van der Waals surface area contributed by atoms with Crippen molar-refractivity contribution in [2.75, 3.05) is 13.1 Å². The highest BCUT2D eigenvalue weighted by Gasteiger charge is 2.16. The molecule has 4 N–H and O–H groups in total. The van der Waals surface area contributed by atoms with Crippen LogP contribution in [-0.2, 0) is 9.59 Å². The van der Waals surface area contributed by atoms with E-state index in [1.54, 1.807) is 48.5 Å². The van der Waals surface area contributed by atoms with Gasteiger partial charge >= 0.3 is 11.9 Å². The fourth-order valence-electron chi connectivity index (χ4n) is 4.07. The molecule has 8 nitrogen and oxygen atoms in total. The number of aryl methyl sites for hydroxylation is 2. The van der Waals surface area contributed by atoms with Gasteiger partial charge in [-0.2, -0.15) is 10.5 Å². The quantitative estimate of drug-likeness (QED) is 0.161. The second kappa shape index (κ2) is 15.5. The summed E-state index contributed by atoms with van der Waals surface area (Å²) in [5, 5.41) is 17.9. The lowest BCUT2D eigenvalue weighted by atomic mass is 9.99. The Bertz CT molecular complexity index is 1490. The zero-order valence-electron chi connectivity index (χ0n) is 23.6. The van der Waals surface area contributed by atoms with E-state index in [9.17, 15) is 9.59 Å². The van der Waals surface area contributed by atoms with Gasteiger partial charge in [-0.1, -0.05) is 36.4 Å². The summed E-state index contributed by atoms with van der Waals surface area (Å²) >= 11 is 0. The topological polar surface area (TPSA) is 152 Å². The fourth-order valence-corrected chi connectivity index (χ4v) is 4.07. The Morgan fingerprint density at radius 3 is 1.31 bits per heavy atom. The summed E-state index contributed by atoms with van der Waals surface area (Å²) in [6.45, 7) is 5.22. The summed E-state index contributed by atoms with van der Waals surface area (Å²) in [4.78, 5) is 24.7. The summed E-state index contributed by atoms with van der Waals surface area (Å²) in [6.07, 6.45) is 0.410. The molecule has 42 heavy (non-hydrogen) atoms. The average Bonchev–Trinajstić information content (AvgIpc) is 2.98. The first-order valence-corrected chi connectivity index (χ1v) is 13.3.